The summed E-state index contributed by atoms with van der Waals surface area (Å²) >= 11 is 0. The van der Waals surface area contributed by atoms with Gasteiger partial charge in [-0.05, 0) is 54.7 Å². The molecule has 0 bridgehead atoms. The Morgan fingerprint density at radius 3 is 2.60 bits per heavy atom. The van der Waals surface area contributed by atoms with Crippen molar-refractivity contribution in [2.75, 3.05) is 0 Å². The van der Waals surface area contributed by atoms with Crippen LogP contribution >= 0.6 is 0 Å². The Morgan fingerprint density at radius 2 is 1.80 bits per heavy atom. The lowest BCUT2D eigenvalue weighted by molar-refractivity contribution is 0.770. The zero-order valence-corrected chi connectivity index (χ0v) is 9.42. The maximum absolute atomic E-state index is 2.36. The third-order valence-electron chi connectivity index (χ3n) is 3.81. The highest BCUT2D eigenvalue weighted by Crippen LogP contribution is 2.46. The zero-order valence-electron chi connectivity index (χ0n) is 9.42. The molecule has 0 N–H and O–H groups in total. The van der Waals surface area contributed by atoms with Gasteiger partial charge in [-0.3, -0.25) is 0 Å². The Kier molecular flexibility index (Phi) is 2.16. The van der Waals surface area contributed by atoms with E-state index >= 15 is 0 Å². The van der Waals surface area contributed by atoms with E-state index in [1.807, 2.05) is 0 Å². The SMILES string of the molecule is CC1CC1=C1CCCCc2ccccc21. The standard InChI is InChI=1S/C15H18/c1-11-10-15(11)14-9-5-3-7-12-6-2-4-8-13(12)14/h2,4,6,8,11H,3,5,7,9-10H2,1H3. The molecule has 1 aromatic carbocycles. The van der Waals surface area contributed by atoms with Crippen molar-refractivity contribution in [3.8, 4) is 0 Å². The number of allylic oxidation sites excluding steroid dienone is 2. The second-order valence-corrected chi connectivity index (χ2v) is 4.97. The predicted molar refractivity (Wildman–Crippen MR) is 64.7 cm³/mol. The Bertz CT molecular complexity index is 412. The molecule has 2 aliphatic rings. The minimum Gasteiger partial charge on any atom is -0.0627 e. The maximum atomic E-state index is 2.36. The van der Waals surface area contributed by atoms with Crippen LogP contribution < -0.4 is 0 Å². The van der Waals surface area contributed by atoms with Crippen LogP contribution in [0.25, 0.3) is 5.57 Å². The Hall–Kier alpha value is -1.04. The van der Waals surface area contributed by atoms with Crippen molar-refractivity contribution in [1.29, 1.82) is 0 Å². The molecule has 0 amide bonds. The van der Waals surface area contributed by atoms with E-state index in [1.165, 1.54) is 32.1 Å². The summed E-state index contributed by atoms with van der Waals surface area (Å²) in [4.78, 5) is 0. The van der Waals surface area contributed by atoms with Crippen molar-refractivity contribution in [1.82, 2.24) is 0 Å². The average molecular weight is 198 g/mol. The minimum atomic E-state index is 0.867. The molecule has 2 aliphatic carbocycles. The average Bonchev–Trinajstić information content (AvgIpc) is 2.99. The number of hydrogen-bond donors (Lipinski definition) is 0. The molecule has 0 saturated heterocycles. The number of hydrogen-bond acceptors (Lipinski definition) is 0. The normalized spacial score (nSPS) is 29.5. The van der Waals surface area contributed by atoms with Gasteiger partial charge >= 0.3 is 0 Å². The monoisotopic (exact) mass is 198 g/mol. The van der Waals surface area contributed by atoms with Crippen LogP contribution in [0.15, 0.2) is 29.8 Å². The van der Waals surface area contributed by atoms with E-state index in [9.17, 15) is 0 Å². The highest BCUT2D eigenvalue weighted by Gasteiger charge is 2.29. The van der Waals surface area contributed by atoms with Gasteiger partial charge in [-0.2, -0.15) is 0 Å². The van der Waals surface area contributed by atoms with Gasteiger partial charge in [0.05, 0.1) is 0 Å². The molecule has 15 heavy (non-hydrogen) atoms. The van der Waals surface area contributed by atoms with Crippen molar-refractivity contribution in [3.63, 3.8) is 0 Å². The van der Waals surface area contributed by atoms with E-state index in [-0.39, 0.29) is 0 Å². The molecule has 1 saturated carbocycles. The van der Waals surface area contributed by atoms with Gasteiger partial charge in [0.15, 0.2) is 0 Å². The molecule has 1 unspecified atom stereocenters. The van der Waals surface area contributed by atoms with E-state index in [0.717, 1.165) is 5.92 Å². The molecule has 0 aliphatic heterocycles. The van der Waals surface area contributed by atoms with E-state index in [2.05, 4.69) is 31.2 Å². The summed E-state index contributed by atoms with van der Waals surface area (Å²) in [6.07, 6.45) is 6.68. The zero-order chi connectivity index (χ0) is 10.3. The molecular weight excluding hydrogens is 180 g/mol. The number of aryl methyl sites for hydroxylation is 1. The van der Waals surface area contributed by atoms with Gasteiger partial charge in [-0.15, -0.1) is 0 Å². The maximum Gasteiger partial charge on any atom is -0.0188 e. The lowest BCUT2D eigenvalue weighted by atomic mass is 9.97. The number of rotatable bonds is 0. The van der Waals surface area contributed by atoms with Crippen LogP contribution in [-0.4, -0.2) is 0 Å². The lowest BCUT2D eigenvalue weighted by Crippen LogP contribution is -1.89. The first-order chi connectivity index (χ1) is 7.36. The highest BCUT2D eigenvalue weighted by atomic mass is 14.3. The fourth-order valence-corrected chi connectivity index (χ4v) is 2.81. The van der Waals surface area contributed by atoms with Crippen molar-refractivity contribution >= 4 is 5.57 Å². The van der Waals surface area contributed by atoms with Crippen LogP contribution in [0.2, 0.25) is 0 Å². The Labute approximate surface area is 92.0 Å². The van der Waals surface area contributed by atoms with Crippen molar-refractivity contribution in [2.24, 2.45) is 5.92 Å². The molecule has 0 aromatic heterocycles. The summed E-state index contributed by atoms with van der Waals surface area (Å²) in [6, 6.07) is 9.02. The van der Waals surface area contributed by atoms with Crippen LogP contribution in [-0.2, 0) is 6.42 Å². The van der Waals surface area contributed by atoms with Crippen LogP contribution in [0.5, 0.6) is 0 Å². The van der Waals surface area contributed by atoms with Crippen LogP contribution in [0.3, 0.4) is 0 Å². The van der Waals surface area contributed by atoms with Gasteiger partial charge in [0.25, 0.3) is 0 Å². The summed E-state index contributed by atoms with van der Waals surface area (Å²) < 4.78 is 0. The molecule has 0 spiro atoms. The lowest BCUT2D eigenvalue weighted by Gasteiger charge is -2.08. The molecule has 1 atom stereocenters. The van der Waals surface area contributed by atoms with Gasteiger partial charge in [-0.25, -0.2) is 0 Å². The van der Waals surface area contributed by atoms with Gasteiger partial charge in [-0.1, -0.05) is 36.8 Å². The van der Waals surface area contributed by atoms with Gasteiger partial charge in [0.1, 0.15) is 0 Å². The van der Waals surface area contributed by atoms with Crippen LogP contribution in [0, 0.1) is 5.92 Å². The first-order valence-corrected chi connectivity index (χ1v) is 6.16. The van der Waals surface area contributed by atoms with E-state index in [1.54, 1.807) is 22.3 Å². The van der Waals surface area contributed by atoms with Crippen LogP contribution in [0.1, 0.15) is 43.7 Å². The van der Waals surface area contributed by atoms with E-state index in [4.69, 9.17) is 0 Å². The fraction of sp³-hybridized carbons (Fsp3) is 0.467. The first kappa shape index (κ1) is 9.21. The summed E-state index contributed by atoms with van der Waals surface area (Å²) in [6.45, 7) is 2.36. The smallest absolute Gasteiger partial charge is 0.0188 e. The molecule has 0 nitrogen and oxygen atoms in total. The number of fused-ring (bicyclic) bond motifs is 1. The molecule has 0 heterocycles. The Morgan fingerprint density at radius 1 is 1.07 bits per heavy atom. The third kappa shape index (κ3) is 1.62. The highest BCUT2D eigenvalue weighted by molar-refractivity contribution is 5.74. The summed E-state index contributed by atoms with van der Waals surface area (Å²) in [5.41, 5.74) is 6.57. The van der Waals surface area contributed by atoms with Crippen molar-refractivity contribution in [3.05, 3.63) is 41.0 Å². The van der Waals surface area contributed by atoms with E-state index in [0.29, 0.717) is 0 Å². The van der Waals surface area contributed by atoms with Crippen molar-refractivity contribution < 1.29 is 0 Å². The Balaban J connectivity index is 2.11. The van der Waals surface area contributed by atoms with Crippen molar-refractivity contribution in [2.45, 2.75) is 39.0 Å². The second-order valence-electron chi connectivity index (χ2n) is 4.97. The minimum absolute atomic E-state index is 0.867. The second kappa shape index (κ2) is 3.52. The van der Waals surface area contributed by atoms with Gasteiger partial charge in [0, 0.05) is 0 Å². The van der Waals surface area contributed by atoms with Gasteiger partial charge < -0.3 is 0 Å². The summed E-state index contributed by atoms with van der Waals surface area (Å²) in [7, 11) is 0. The fourth-order valence-electron chi connectivity index (χ4n) is 2.81. The van der Waals surface area contributed by atoms with Gasteiger partial charge in [0.2, 0.25) is 0 Å². The molecule has 1 aromatic rings. The van der Waals surface area contributed by atoms with E-state index < -0.39 is 0 Å². The topological polar surface area (TPSA) is 0 Å². The molecule has 0 radical (unpaired) electrons. The molecular formula is C15H18. The van der Waals surface area contributed by atoms with Crippen LogP contribution in [0.4, 0.5) is 0 Å². The molecule has 0 heteroatoms. The molecule has 78 valence electrons. The first-order valence-electron chi connectivity index (χ1n) is 6.16. The largest absolute Gasteiger partial charge is 0.0627 e. The summed E-state index contributed by atoms with van der Waals surface area (Å²) in [5, 5.41) is 0. The summed E-state index contributed by atoms with van der Waals surface area (Å²) in [5.74, 6) is 0.867. The number of benzene rings is 1. The molecule has 1 fully saturated rings. The third-order valence-corrected chi connectivity index (χ3v) is 3.81. The quantitative estimate of drug-likeness (QED) is 0.548. The molecule has 3 rings (SSSR count). The predicted octanol–water partition coefficient (Wildman–Crippen LogP) is 4.21.